The quantitative estimate of drug-likeness (QED) is 0.559. The minimum atomic E-state index is -3.55. The van der Waals surface area contributed by atoms with Crippen molar-refractivity contribution in [1.29, 1.82) is 0 Å². The highest BCUT2D eigenvalue weighted by atomic mass is 32.2. The molecule has 4 atom stereocenters. The minimum absolute atomic E-state index is 0.0489. The molecule has 1 heterocycles. The predicted molar refractivity (Wildman–Crippen MR) is 107 cm³/mol. The van der Waals surface area contributed by atoms with Crippen LogP contribution < -0.4 is 4.72 Å². The van der Waals surface area contributed by atoms with Crippen LogP contribution in [-0.2, 0) is 19.2 Å². The summed E-state index contributed by atoms with van der Waals surface area (Å²) in [6, 6.07) is 6.53. The predicted octanol–water partition coefficient (Wildman–Crippen LogP) is 3.84. The Morgan fingerprint density at radius 3 is 2.15 bits per heavy atom. The van der Waals surface area contributed by atoms with Gasteiger partial charge >= 0.3 is 0 Å². The maximum absolute atomic E-state index is 12.5. The summed E-state index contributed by atoms with van der Waals surface area (Å²) in [5, 5.41) is 0.129. The topological polar surface area (TPSA) is 67.9 Å². The first-order chi connectivity index (χ1) is 11.7. The number of hydrogen-bond donors (Lipinski definition) is 1. The van der Waals surface area contributed by atoms with Gasteiger partial charge in [0.05, 0.1) is 11.0 Å². The first-order valence-electron chi connectivity index (χ1n) is 9.17. The molecule has 1 aromatic rings. The van der Waals surface area contributed by atoms with Crippen LogP contribution in [0.2, 0.25) is 18.1 Å². The highest BCUT2D eigenvalue weighted by Crippen LogP contribution is 2.40. The van der Waals surface area contributed by atoms with Gasteiger partial charge in [-0.15, -0.1) is 0 Å². The molecule has 1 N–H and O–H groups in total. The van der Waals surface area contributed by atoms with Crippen LogP contribution in [0.5, 0.6) is 0 Å². The van der Waals surface area contributed by atoms with E-state index in [4.69, 9.17) is 9.16 Å². The SMILES string of the molecule is Cc1ccc(S(=O)(=O)N[C@@H](C)[C@@H]2O[C@H]2[C@H](C)O[Si](C)(C)C(C)(C)C)cc1. The van der Waals surface area contributed by atoms with Gasteiger partial charge in [-0.2, -0.15) is 0 Å². The summed E-state index contributed by atoms with van der Waals surface area (Å²) in [7, 11) is -5.43. The van der Waals surface area contributed by atoms with Gasteiger partial charge in [0.1, 0.15) is 12.2 Å². The molecular weight excluding hydrogens is 366 g/mol. The lowest BCUT2D eigenvalue weighted by Crippen LogP contribution is -2.45. The molecule has 1 aromatic carbocycles. The third kappa shape index (κ3) is 4.95. The smallest absolute Gasteiger partial charge is 0.240 e. The largest absolute Gasteiger partial charge is 0.411 e. The lowest BCUT2D eigenvalue weighted by molar-refractivity contribution is 0.158. The van der Waals surface area contributed by atoms with E-state index in [1.807, 2.05) is 20.8 Å². The molecule has 5 nitrogen and oxygen atoms in total. The van der Waals surface area contributed by atoms with Gasteiger partial charge in [-0.25, -0.2) is 13.1 Å². The highest BCUT2D eigenvalue weighted by molar-refractivity contribution is 7.89. The molecule has 0 saturated carbocycles. The van der Waals surface area contributed by atoms with Crippen molar-refractivity contribution in [3.05, 3.63) is 29.8 Å². The number of hydrogen-bond acceptors (Lipinski definition) is 4. The van der Waals surface area contributed by atoms with Crippen molar-refractivity contribution in [3.63, 3.8) is 0 Å². The van der Waals surface area contributed by atoms with E-state index in [2.05, 4.69) is 38.6 Å². The van der Waals surface area contributed by atoms with E-state index in [1.165, 1.54) is 0 Å². The number of sulfonamides is 1. The Hall–Kier alpha value is -0.733. The Kier molecular flexibility index (Phi) is 6.10. The van der Waals surface area contributed by atoms with E-state index >= 15 is 0 Å². The van der Waals surface area contributed by atoms with Gasteiger partial charge < -0.3 is 9.16 Å². The Balaban J connectivity index is 1.96. The molecular formula is C19H33NO4SSi. The summed E-state index contributed by atoms with van der Waals surface area (Å²) < 4.78 is 39.9. The molecule has 0 aromatic heterocycles. The van der Waals surface area contributed by atoms with Crippen molar-refractivity contribution in [2.75, 3.05) is 0 Å². The standard InChI is InChI=1S/C19H33NO4SSi/c1-13-9-11-16(12-10-13)25(21,22)20-14(2)17-18(23-17)15(3)24-26(7,8)19(4,5)6/h9-12,14-15,17-18,20H,1-8H3/t14-,15-,17-,18-/m0/s1. The summed E-state index contributed by atoms with van der Waals surface area (Å²) in [6.45, 7) is 16.8. The Morgan fingerprint density at radius 2 is 1.65 bits per heavy atom. The number of aryl methyl sites for hydroxylation is 1. The molecule has 0 aliphatic carbocycles. The van der Waals surface area contributed by atoms with Crippen molar-refractivity contribution in [3.8, 4) is 0 Å². The molecule has 7 heteroatoms. The second kappa shape index (κ2) is 7.35. The van der Waals surface area contributed by atoms with Crippen molar-refractivity contribution >= 4 is 18.3 Å². The Morgan fingerprint density at radius 1 is 1.12 bits per heavy atom. The third-order valence-electron chi connectivity index (χ3n) is 5.48. The van der Waals surface area contributed by atoms with E-state index in [9.17, 15) is 8.42 Å². The molecule has 2 rings (SSSR count). The summed E-state index contributed by atoms with van der Waals surface area (Å²) >= 11 is 0. The average molecular weight is 400 g/mol. The fraction of sp³-hybridized carbons (Fsp3) is 0.684. The Bertz CT molecular complexity index is 725. The van der Waals surface area contributed by atoms with Crippen LogP contribution in [0.25, 0.3) is 0 Å². The van der Waals surface area contributed by atoms with Crippen molar-refractivity contribution < 1.29 is 17.6 Å². The second-order valence-electron chi connectivity index (χ2n) is 8.87. The maximum Gasteiger partial charge on any atom is 0.240 e. The molecule has 1 fully saturated rings. The zero-order valence-corrected chi connectivity index (χ0v) is 19.0. The van der Waals surface area contributed by atoms with Gasteiger partial charge in [0.2, 0.25) is 10.0 Å². The van der Waals surface area contributed by atoms with Gasteiger partial charge in [0.25, 0.3) is 0 Å². The number of rotatable bonds is 7. The van der Waals surface area contributed by atoms with Crippen molar-refractivity contribution in [2.24, 2.45) is 0 Å². The highest BCUT2D eigenvalue weighted by Gasteiger charge is 2.50. The van der Waals surface area contributed by atoms with Crippen LogP contribution in [0, 0.1) is 6.92 Å². The number of benzene rings is 1. The van der Waals surface area contributed by atoms with Crippen LogP contribution in [-0.4, -0.2) is 41.1 Å². The molecule has 0 bridgehead atoms. The van der Waals surface area contributed by atoms with Gasteiger partial charge in [0.15, 0.2) is 8.32 Å². The average Bonchev–Trinajstić information content (AvgIpc) is 3.26. The summed E-state index contributed by atoms with van der Waals surface area (Å²) in [6.07, 6.45) is -0.276. The van der Waals surface area contributed by atoms with E-state index < -0.39 is 18.3 Å². The summed E-state index contributed by atoms with van der Waals surface area (Å²) in [4.78, 5) is 0.276. The first-order valence-corrected chi connectivity index (χ1v) is 13.6. The van der Waals surface area contributed by atoms with Crippen molar-refractivity contribution in [2.45, 2.75) is 88.9 Å². The van der Waals surface area contributed by atoms with Crippen LogP contribution >= 0.6 is 0 Å². The molecule has 0 unspecified atom stereocenters. The van der Waals surface area contributed by atoms with Gasteiger partial charge in [-0.05, 0) is 51.0 Å². The monoisotopic (exact) mass is 399 g/mol. The fourth-order valence-electron chi connectivity index (χ4n) is 2.72. The van der Waals surface area contributed by atoms with Crippen LogP contribution in [0.1, 0.15) is 40.2 Å². The third-order valence-corrected chi connectivity index (χ3v) is 11.6. The lowest BCUT2D eigenvalue weighted by Gasteiger charge is -2.38. The van der Waals surface area contributed by atoms with E-state index in [0.717, 1.165) is 5.56 Å². The van der Waals surface area contributed by atoms with Crippen LogP contribution in [0.4, 0.5) is 0 Å². The van der Waals surface area contributed by atoms with E-state index in [1.54, 1.807) is 24.3 Å². The molecule has 0 radical (unpaired) electrons. The normalized spacial score (nSPS) is 23.5. The molecule has 26 heavy (non-hydrogen) atoms. The molecule has 1 saturated heterocycles. The zero-order chi connectivity index (χ0) is 19.9. The minimum Gasteiger partial charge on any atom is -0.411 e. The maximum atomic E-state index is 12.5. The number of nitrogens with one attached hydrogen (secondary N) is 1. The molecule has 0 spiro atoms. The van der Waals surface area contributed by atoms with Gasteiger partial charge in [-0.3, -0.25) is 0 Å². The first kappa shape index (κ1) is 21.6. The molecule has 0 amide bonds. The van der Waals surface area contributed by atoms with Crippen LogP contribution in [0.3, 0.4) is 0 Å². The summed E-state index contributed by atoms with van der Waals surface area (Å²) in [5.74, 6) is 0. The Labute approximate surface area is 159 Å². The van der Waals surface area contributed by atoms with Gasteiger partial charge in [0, 0.05) is 6.04 Å². The fourth-order valence-corrected chi connectivity index (χ4v) is 5.39. The molecule has 1 aliphatic heterocycles. The number of epoxide rings is 1. The molecule has 148 valence electrons. The summed E-state index contributed by atoms with van der Waals surface area (Å²) in [5.41, 5.74) is 1.03. The van der Waals surface area contributed by atoms with Crippen LogP contribution in [0.15, 0.2) is 29.2 Å². The lowest BCUT2D eigenvalue weighted by atomic mass is 10.1. The molecule has 1 aliphatic rings. The number of ether oxygens (including phenoxy) is 1. The van der Waals surface area contributed by atoms with E-state index in [0.29, 0.717) is 0 Å². The van der Waals surface area contributed by atoms with Gasteiger partial charge in [-0.1, -0.05) is 38.5 Å². The van der Waals surface area contributed by atoms with E-state index in [-0.39, 0.29) is 34.3 Å². The van der Waals surface area contributed by atoms with Crippen molar-refractivity contribution in [1.82, 2.24) is 4.72 Å². The zero-order valence-electron chi connectivity index (χ0n) is 17.2. The second-order valence-corrected chi connectivity index (χ2v) is 15.3.